The number of phenols is 4. The van der Waals surface area contributed by atoms with Crippen molar-refractivity contribution in [2.75, 3.05) is 7.11 Å². The van der Waals surface area contributed by atoms with Gasteiger partial charge in [-0.1, -0.05) is 88.9 Å². The van der Waals surface area contributed by atoms with Gasteiger partial charge in [0.1, 0.15) is 64.3 Å². The van der Waals surface area contributed by atoms with E-state index >= 15 is 0 Å². The number of phenolic OH excluding ortho intramolecular Hbond substituents is 4. The van der Waals surface area contributed by atoms with Gasteiger partial charge >= 0.3 is 23.9 Å². The number of aromatic hydroxyl groups is 4. The first-order chi connectivity index (χ1) is 48.3. The fourth-order valence-corrected chi connectivity index (χ4v) is 13.4. The molecule has 0 aromatic heterocycles. The lowest BCUT2D eigenvalue weighted by atomic mass is 9.94. The average Bonchev–Trinajstić information content (AvgIpc) is 1.19. The van der Waals surface area contributed by atoms with Crippen molar-refractivity contribution in [3.05, 3.63) is 160 Å². The second-order valence-electron chi connectivity index (χ2n) is 26.6. The molecule has 4 aromatic rings. The summed E-state index contributed by atoms with van der Waals surface area (Å²) in [7, 11) is 1.55. The maximum atomic E-state index is 12.7. The maximum absolute atomic E-state index is 12.7. The number of carbonyl (C=O) groups is 8. The number of benzene rings is 4. The number of hydrogen-bond donors (Lipinski definition) is 6. The summed E-state index contributed by atoms with van der Waals surface area (Å²) in [5.41, 5.74) is 4.73. The number of esters is 4. The lowest BCUT2D eigenvalue weighted by molar-refractivity contribution is -0.121. The predicted molar refractivity (Wildman–Crippen MR) is 382 cm³/mol. The Bertz CT molecular complexity index is 3910. The second kappa shape index (κ2) is 37.8. The first-order valence-electron chi connectivity index (χ1n) is 34.1. The number of cyclic esters (lactones) is 4. The number of ether oxygens (including phenoxy) is 7. The van der Waals surface area contributed by atoms with E-state index in [0.717, 1.165) is 66.5 Å². The van der Waals surface area contributed by atoms with E-state index in [1.807, 2.05) is 78.0 Å². The number of epoxide rings is 2. The topological polar surface area (TPSA) is 329 Å². The SMILES string of the molecule is COC1CCC2OC2C[C@@H](C)OC(=O)c2c(O)cc(O)c(Cl)c2CC(=O)C1.C[C@@H]1CC(O)C(O)CC/C=C/C(=O)Cc2c(Cl)c(O)cc(O)c2C(=O)O1.Cc1cc(C)c2c(c1Cl)CC(=O)/C=C/CC/C=C/C[C@@H](C)OC2=O.Cc1cc(C)c2c(c1Cl)CC(=O)/C=C/CCC1OC1C[C@@H](C)OC2=O. The van der Waals surface area contributed by atoms with Crippen LogP contribution in [0.15, 0.2) is 72.9 Å². The number of aliphatic hydroxyl groups is 2. The summed E-state index contributed by atoms with van der Waals surface area (Å²) in [5, 5.41) is 60.4. The summed E-state index contributed by atoms with van der Waals surface area (Å²) in [5.74, 6) is -5.25. The van der Waals surface area contributed by atoms with Crippen LogP contribution < -0.4 is 0 Å². The summed E-state index contributed by atoms with van der Waals surface area (Å²) < 4.78 is 38.4. The van der Waals surface area contributed by atoms with Crippen LogP contribution in [-0.2, 0) is 78.0 Å². The standard InChI is InChI=1S/C20H23ClO4.C20H23ClO3.C19H23ClO7.C18H21ClO7/c1-11-8-12(2)19(21)15-10-14(22)6-4-5-7-16-17(25-16)9-13(3)24-20(23)18(11)15;1-13-11-14(2)19(21)17-12-16(22)10-8-6-4-5-7-9-15(3)24-20(23)18(13)17;1-9-5-16-15(27-16)4-3-11(25-2)6-10(21)7-12-17(19(24)26-9)13(22)8-14(23)18(12)20;1-9-6-13(22)12(21)5-3-2-4-10(20)7-11-16(18(25)26-9)14(23)8-15(24)17(11)19/h4,6,8,13,16-17H,5,7,9-10H2,1-3H3;5,7-8,10-11,15H,4,6,9,12H2,1-3H3;8-9,11,15-16,22-23H,3-7H2,1-2H3;2,4,8-9,12-13,21-24H,3,5-7H2,1H3/b6-4+;7-5+,10-8+;;4-2+/t13-,16?,17?;15-;9-,11?,15?,16?;9-,12?,13?/m1111/s1. The molecule has 2 saturated heterocycles. The Kier molecular flexibility index (Phi) is 30.4. The van der Waals surface area contributed by atoms with E-state index in [-0.39, 0.29) is 137 Å². The van der Waals surface area contributed by atoms with Gasteiger partial charge in [-0.05, 0) is 158 Å². The van der Waals surface area contributed by atoms with Gasteiger partial charge in [0.05, 0.1) is 63.9 Å². The minimum absolute atomic E-state index is 0.000390. The number of hydrogen-bond acceptors (Lipinski definition) is 21. The summed E-state index contributed by atoms with van der Waals surface area (Å²) >= 11 is 25.0. The quantitative estimate of drug-likeness (QED) is 0.0446. The Hall–Kier alpha value is -7.44. The van der Waals surface area contributed by atoms with Crippen LogP contribution in [-0.4, -0.2) is 152 Å². The molecule has 0 amide bonds. The zero-order chi connectivity index (χ0) is 75.0. The van der Waals surface area contributed by atoms with Gasteiger partial charge in [0.25, 0.3) is 0 Å². The van der Waals surface area contributed by atoms with E-state index in [1.54, 1.807) is 32.3 Å². The first kappa shape index (κ1) is 81.9. The Labute approximate surface area is 613 Å². The molecule has 0 bridgehead atoms. The van der Waals surface area contributed by atoms with Gasteiger partial charge in [0, 0.05) is 98.2 Å². The van der Waals surface area contributed by atoms with E-state index in [0.29, 0.717) is 64.4 Å². The zero-order valence-corrected chi connectivity index (χ0v) is 61.6. The molecule has 10 rings (SSSR count). The van der Waals surface area contributed by atoms with Gasteiger partial charge in [0.2, 0.25) is 0 Å². The van der Waals surface area contributed by atoms with Crippen molar-refractivity contribution in [3.8, 4) is 23.0 Å². The van der Waals surface area contributed by atoms with E-state index in [2.05, 4.69) is 0 Å². The molecule has 7 unspecified atom stereocenters. The summed E-state index contributed by atoms with van der Waals surface area (Å²) in [6.07, 6.45) is 17.2. The van der Waals surface area contributed by atoms with Crippen molar-refractivity contribution in [2.45, 2.75) is 232 Å². The number of allylic oxidation sites excluding steroid dienone is 7. The molecule has 11 atom stereocenters. The number of Topliss-reactive ketones (excluding diaryl/α,β-unsaturated/α-hetero) is 1. The minimum Gasteiger partial charge on any atom is -0.507 e. The molecule has 0 spiro atoms. The van der Waals surface area contributed by atoms with E-state index in [4.69, 9.17) is 79.6 Å². The second-order valence-corrected chi connectivity index (χ2v) is 28.1. The molecule has 6 aliphatic heterocycles. The molecule has 0 radical (unpaired) electrons. The van der Waals surface area contributed by atoms with Crippen LogP contribution in [0.2, 0.25) is 20.1 Å². The van der Waals surface area contributed by atoms with Gasteiger partial charge < -0.3 is 63.8 Å². The lowest BCUT2D eigenvalue weighted by Crippen LogP contribution is -2.31. The fraction of sp³-hybridized carbons (Fsp3) is 0.481. The summed E-state index contributed by atoms with van der Waals surface area (Å²) in [6, 6.07) is 5.58. The number of rotatable bonds is 1. The van der Waals surface area contributed by atoms with Crippen LogP contribution in [0.1, 0.15) is 197 Å². The highest BCUT2D eigenvalue weighted by molar-refractivity contribution is 6.35. The molecule has 6 N–H and O–H groups in total. The highest BCUT2D eigenvalue weighted by atomic mass is 35.5. The molecule has 4 aromatic carbocycles. The van der Waals surface area contributed by atoms with Gasteiger partial charge in [0.15, 0.2) is 17.3 Å². The highest BCUT2D eigenvalue weighted by Gasteiger charge is 2.42. The van der Waals surface area contributed by atoms with Crippen LogP contribution >= 0.6 is 46.4 Å². The number of aliphatic hydroxyl groups excluding tert-OH is 2. The molecular weight excluding hydrogens is 1400 g/mol. The number of aryl methyl sites for hydroxylation is 4. The van der Waals surface area contributed by atoms with Gasteiger partial charge in [-0.25, -0.2) is 19.2 Å². The smallest absolute Gasteiger partial charge is 0.342 e. The molecular formula is C77H90Cl4O21. The summed E-state index contributed by atoms with van der Waals surface area (Å²) in [4.78, 5) is 99.7. The minimum atomic E-state index is -1.11. The lowest BCUT2D eigenvalue weighted by Gasteiger charge is -2.22. The third-order valence-corrected chi connectivity index (χ3v) is 19.9. The normalized spacial score (nSPS) is 26.7. The van der Waals surface area contributed by atoms with Crippen molar-refractivity contribution >= 4 is 93.4 Å². The van der Waals surface area contributed by atoms with Crippen molar-refractivity contribution in [1.29, 1.82) is 0 Å². The molecule has 6 heterocycles. The van der Waals surface area contributed by atoms with E-state index in [9.17, 15) is 69.0 Å². The number of carbonyl (C=O) groups excluding carboxylic acids is 8. The van der Waals surface area contributed by atoms with E-state index in [1.165, 1.54) is 13.0 Å². The molecule has 2 fully saturated rings. The molecule has 25 heteroatoms. The van der Waals surface area contributed by atoms with Crippen molar-refractivity contribution in [2.24, 2.45) is 0 Å². The van der Waals surface area contributed by atoms with Gasteiger partial charge in [-0.15, -0.1) is 0 Å². The van der Waals surface area contributed by atoms with Gasteiger partial charge in [-0.2, -0.15) is 0 Å². The van der Waals surface area contributed by atoms with Crippen molar-refractivity contribution in [1.82, 2.24) is 0 Å². The number of ketones is 4. The van der Waals surface area contributed by atoms with Crippen LogP contribution in [0.4, 0.5) is 0 Å². The number of methoxy groups -OCH3 is 1. The Morgan fingerprint density at radius 3 is 1.26 bits per heavy atom. The van der Waals surface area contributed by atoms with Crippen LogP contribution in [0.3, 0.4) is 0 Å². The third kappa shape index (κ3) is 23.0. The monoisotopic (exact) mass is 1490 g/mol. The fourth-order valence-electron chi connectivity index (χ4n) is 12.6. The van der Waals surface area contributed by atoms with Crippen LogP contribution in [0.25, 0.3) is 0 Å². The Morgan fingerprint density at radius 2 is 0.794 bits per heavy atom. The molecule has 0 saturated carbocycles. The average molecular weight is 1490 g/mol. The number of fused-ring (bicyclic) bond motifs is 6. The van der Waals surface area contributed by atoms with Gasteiger partial charge in [-0.3, -0.25) is 19.2 Å². The van der Waals surface area contributed by atoms with E-state index < -0.39 is 77.1 Å². The largest absolute Gasteiger partial charge is 0.507 e. The van der Waals surface area contributed by atoms with Crippen LogP contribution in [0.5, 0.6) is 23.0 Å². The predicted octanol–water partition coefficient (Wildman–Crippen LogP) is 13.7. The maximum Gasteiger partial charge on any atom is 0.342 e. The molecule has 0 aliphatic carbocycles. The Balaban J connectivity index is 0.000000191. The molecule has 6 aliphatic rings. The number of halogens is 4. The molecule has 21 nitrogen and oxygen atoms in total. The van der Waals surface area contributed by atoms with Crippen molar-refractivity contribution in [3.63, 3.8) is 0 Å². The summed E-state index contributed by atoms with van der Waals surface area (Å²) in [6.45, 7) is 14.4. The third-order valence-electron chi connectivity index (χ3n) is 18.0. The van der Waals surface area contributed by atoms with Crippen molar-refractivity contribution < 1.29 is 102 Å². The van der Waals surface area contributed by atoms with Crippen LogP contribution in [0, 0.1) is 27.7 Å². The zero-order valence-electron chi connectivity index (χ0n) is 58.6. The first-order valence-corrected chi connectivity index (χ1v) is 35.6. The molecule has 552 valence electrons. The molecule has 102 heavy (non-hydrogen) atoms. The Morgan fingerprint density at radius 1 is 0.402 bits per heavy atom. The highest BCUT2D eigenvalue weighted by Crippen LogP contribution is 2.41.